The van der Waals surface area contributed by atoms with Crippen molar-refractivity contribution in [3.63, 3.8) is 0 Å². The number of piperazine rings is 1. The van der Waals surface area contributed by atoms with Crippen molar-refractivity contribution >= 4 is 27.7 Å². The molecule has 1 heterocycles. The molecule has 1 fully saturated rings. The monoisotopic (exact) mass is 424 g/mol. The van der Waals surface area contributed by atoms with Gasteiger partial charge in [-0.3, -0.25) is 4.79 Å². The second-order valence-corrected chi connectivity index (χ2v) is 11.0. The molecule has 27 heavy (non-hydrogen) atoms. The highest BCUT2D eigenvalue weighted by molar-refractivity contribution is 8.01. The fraction of sp³-hybridized carbons (Fsp3) is 0.588. The van der Waals surface area contributed by atoms with Gasteiger partial charge in [0.05, 0.1) is 16.2 Å². The second-order valence-electron chi connectivity index (χ2n) is 7.21. The van der Waals surface area contributed by atoms with Crippen molar-refractivity contribution in [2.45, 2.75) is 36.6 Å². The summed E-state index contributed by atoms with van der Waals surface area (Å²) in [5.74, 6) is 0.246. The molecular weight excluding hydrogens is 401 g/mol. The minimum Gasteiger partial charge on any atom is -0.339 e. The van der Waals surface area contributed by atoms with Gasteiger partial charge in [0, 0.05) is 30.9 Å². The summed E-state index contributed by atoms with van der Waals surface area (Å²) in [4.78, 5) is 13.4. The molecule has 1 aromatic carbocycles. The van der Waals surface area contributed by atoms with Crippen LogP contribution >= 0.6 is 11.8 Å². The number of hydrogen-bond donors (Lipinski definition) is 0. The average Bonchev–Trinajstić information content (AvgIpc) is 2.58. The summed E-state index contributed by atoms with van der Waals surface area (Å²) < 4.78 is 64.9. The maximum Gasteiger partial charge on any atom is 0.416 e. The van der Waals surface area contributed by atoms with Gasteiger partial charge in [0.2, 0.25) is 15.9 Å². The van der Waals surface area contributed by atoms with Gasteiger partial charge in [-0.25, -0.2) is 8.42 Å². The summed E-state index contributed by atoms with van der Waals surface area (Å²) in [5.41, 5.74) is -1.00. The van der Waals surface area contributed by atoms with Crippen LogP contribution in [0.1, 0.15) is 26.3 Å². The van der Waals surface area contributed by atoms with E-state index in [0.29, 0.717) is 11.8 Å². The normalized spacial score (nSPS) is 17.2. The van der Waals surface area contributed by atoms with Crippen molar-refractivity contribution in [2.75, 3.05) is 31.9 Å². The van der Waals surface area contributed by atoms with Gasteiger partial charge in [0.1, 0.15) is 0 Å². The Kier molecular flexibility index (Phi) is 6.53. The third kappa shape index (κ3) is 5.86. The van der Waals surface area contributed by atoms with Crippen LogP contribution in [0.25, 0.3) is 0 Å². The molecular formula is C17H23F3N2O3S2. The van der Waals surface area contributed by atoms with Crippen LogP contribution in [-0.2, 0) is 21.0 Å². The van der Waals surface area contributed by atoms with E-state index in [1.165, 1.54) is 11.8 Å². The number of nitrogens with zero attached hydrogens (tertiary/aromatic N) is 2. The van der Waals surface area contributed by atoms with Crippen LogP contribution in [0.4, 0.5) is 13.2 Å². The topological polar surface area (TPSA) is 57.7 Å². The molecule has 0 unspecified atom stereocenters. The number of thioether (sulfide) groups is 1. The Morgan fingerprint density at radius 3 is 2.22 bits per heavy atom. The van der Waals surface area contributed by atoms with Crippen LogP contribution in [-0.4, -0.2) is 60.2 Å². The maximum atomic E-state index is 12.8. The lowest BCUT2D eigenvalue weighted by molar-refractivity contribution is -0.137. The Morgan fingerprint density at radius 2 is 1.70 bits per heavy atom. The first-order valence-electron chi connectivity index (χ1n) is 8.40. The molecule has 1 saturated heterocycles. The van der Waals surface area contributed by atoms with E-state index in [-0.39, 0.29) is 41.7 Å². The molecule has 0 spiro atoms. The van der Waals surface area contributed by atoms with E-state index in [2.05, 4.69) is 0 Å². The third-order valence-corrected chi connectivity index (χ3v) is 7.17. The zero-order valence-electron chi connectivity index (χ0n) is 15.4. The van der Waals surface area contributed by atoms with Gasteiger partial charge in [-0.2, -0.15) is 17.5 Å². The fourth-order valence-corrected chi connectivity index (χ4v) is 4.74. The van der Waals surface area contributed by atoms with E-state index in [0.717, 1.165) is 22.5 Å². The summed E-state index contributed by atoms with van der Waals surface area (Å²) in [5, 5.41) is 0. The Bertz CT molecular complexity index is 781. The van der Waals surface area contributed by atoms with Crippen molar-refractivity contribution < 1.29 is 26.4 Å². The zero-order chi connectivity index (χ0) is 20.5. The van der Waals surface area contributed by atoms with E-state index in [1.807, 2.05) is 20.8 Å². The first kappa shape index (κ1) is 22.0. The number of carbonyl (C=O) groups excluding carboxylic acids is 1. The van der Waals surface area contributed by atoms with Crippen molar-refractivity contribution in [3.8, 4) is 0 Å². The van der Waals surface area contributed by atoms with Crippen LogP contribution in [0.3, 0.4) is 0 Å². The highest BCUT2D eigenvalue weighted by atomic mass is 32.2. The maximum absolute atomic E-state index is 12.8. The molecule has 0 aliphatic carbocycles. The molecule has 0 atom stereocenters. The first-order chi connectivity index (χ1) is 12.3. The Labute approximate surface area is 162 Å². The van der Waals surface area contributed by atoms with E-state index >= 15 is 0 Å². The van der Waals surface area contributed by atoms with E-state index in [1.54, 1.807) is 4.90 Å². The fourth-order valence-electron chi connectivity index (χ4n) is 2.53. The predicted octanol–water partition coefficient (Wildman–Crippen LogP) is 3.07. The molecule has 1 aromatic rings. The number of benzene rings is 1. The molecule has 0 saturated carbocycles. The van der Waals surface area contributed by atoms with Crippen LogP contribution in [0.2, 0.25) is 0 Å². The quantitative estimate of drug-likeness (QED) is 0.746. The number of alkyl halides is 3. The molecule has 10 heteroatoms. The Balaban J connectivity index is 2.04. The standard InChI is InChI=1S/C17H23F3N2O3S2/c1-16(2,3)26-12-15(23)21-7-9-22(10-8-21)27(24,25)14-6-4-5-13(11-14)17(18,19)20/h4-6,11H,7-10,12H2,1-3H3. The molecule has 0 radical (unpaired) electrons. The number of hydrogen-bond acceptors (Lipinski definition) is 4. The van der Waals surface area contributed by atoms with E-state index in [9.17, 15) is 26.4 Å². The summed E-state index contributed by atoms with van der Waals surface area (Å²) >= 11 is 1.51. The lowest BCUT2D eigenvalue weighted by Crippen LogP contribution is -2.51. The predicted molar refractivity (Wildman–Crippen MR) is 99.0 cm³/mol. The summed E-state index contributed by atoms with van der Waals surface area (Å²) in [6.45, 7) is 6.58. The van der Waals surface area contributed by atoms with Crippen molar-refractivity contribution in [3.05, 3.63) is 29.8 Å². The van der Waals surface area contributed by atoms with E-state index in [4.69, 9.17) is 0 Å². The zero-order valence-corrected chi connectivity index (χ0v) is 17.0. The van der Waals surface area contributed by atoms with Crippen molar-refractivity contribution in [1.29, 1.82) is 0 Å². The van der Waals surface area contributed by atoms with Crippen LogP contribution in [0.5, 0.6) is 0 Å². The Hall–Kier alpha value is -1.26. The molecule has 2 rings (SSSR count). The lowest BCUT2D eigenvalue weighted by atomic mass is 10.2. The SMILES string of the molecule is CC(C)(C)SCC(=O)N1CCN(S(=O)(=O)c2cccc(C(F)(F)F)c2)CC1. The number of amides is 1. The van der Waals surface area contributed by atoms with Gasteiger partial charge in [0.25, 0.3) is 0 Å². The number of halogens is 3. The van der Waals surface area contributed by atoms with Gasteiger partial charge in [-0.15, -0.1) is 11.8 Å². The highest BCUT2D eigenvalue weighted by Crippen LogP contribution is 2.31. The average molecular weight is 425 g/mol. The van der Waals surface area contributed by atoms with Crippen LogP contribution < -0.4 is 0 Å². The molecule has 0 aromatic heterocycles. The smallest absolute Gasteiger partial charge is 0.339 e. The summed E-state index contributed by atoms with van der Waals surface area (Å²) in [6, 6.07) is 3.72. The molecule has 1 amide bonds. The number of sulfonamides is 1. The van der Waals surface area contributed by atoms with Gasteiger partial charge in [-0.1, -0.05) is 26.8 Å². The van der Waals surface area contributed by atoms with Gasteiger partial charge in [0.15, 0.2) is 0 Å². The molecule has 152 valence electrons. The summed E-state index contributed by atoms with van der Waals surface area (Å²) in [7, 11) is -4.04. The lowest BCUT2D eigenvalue weighted by Gasteiger charge is -2.34. The summed E-state index contributed by atoms with van der Waals surface area (Å²) in [6.07, 6.45) is -4.61. The van der Waals surface area contributed by atoms with Crippen molar-refractivity contribution in [1.82, 2.24) is 9.21 Å². The number of carbonyl (C=O) groups is 1. The minimum absolute atomic E-state index is 0.0513. The highest BCUT2D eigenvalue weighted by Gasteiger charge is 2.34. The van der Waals surface area contributed by atoms with Gasteiger partial charge in [-0.05, 0) is 18.2 Å². The largest absolute Gasteiger partial charge is 0.416 e. The van der Waals surface area contributed by atoms with Crippen molar-refractivity contribution in [2.24, 2.45) is 0 Å². The molecule has 0 bridgehead atoms. The number of rotatable bonds is 4. The second kappa shape index (κ2) is 8.00. The minimum atomic E-state index is -4.61. The third-order valence-electron chi connectivity index (χ3n) is 4.02. The molecule has 0 N–H and O–H groups in total. The van der Waals surface area contributed by atoms with Gasteiger partial charge < -0.3 is 4.90 Å². The van der Waals surface area contributed by atoms with Gasteiger partial charge >= 0.3 is 6.18 Å². The molecule has 1 aliphatic rings. The Morgan fingerprint density at radius 1 is 1.11 bits per heavy atom. The van der Waals surface area contributed by atoms with Crippen LogP contribution in [0, 0.1) is 0 Å². The van der Waals surface area contributed by atoms with E-state index < -0.39 is 21.8 Å². The first-order valence-corrected chi connectivity index (χ1v) is 10.8. The van der Waals surface area contributed by atoms with Crippen LogP contribution in [0.15, 0.2) is 29.2 Å². The molecule has 5 nitrogen and oxygen atoms in total. The molecule has 1 aliphatic heterocycles.